The molecule has 0 radical (unpaired) electrons. The van der Waals surface area contributed by atoms with E-state index in [1.807, 2.05) is 54.9 Å². The van der Waals surface area contributed by atoms with Crippen molar-refractivity contribution >= 4 is 16.8 Å². The number of aromatic nitrogens is 2. The predicted molar refractivity (Wildman–Crippen MR) is 108 cm³/mol. The fraction of sp³-hybridized carbons (Fsp3) is 0.364. The number of ether oxygens (including phenoxy) is 1. The molecule has 2 aromatic heterocycles. The second kappa shape index (κ2) is 7.28. The molecule has 28 heavy (non-hydrogen) atoms. The van der Waals surface area contributed by atoms with Gasteiger partial charge in [0.1, 0.15) is 5.75 Å². The number of carbonyl (C=O) groups is 1. The van der Waals surface area contributed by atoms with Gasteiger partial charge in [0.15, 0.2) is 0 Å². The van der Waals surface area contributed by atoms with Crippen molar-refractivity contribution < 1.29 is 14.6 Å². The fourth-order valence-electron chi connectivity index (χ4n) is 4.11. The van der Waals surface area contributed by atoms with Crippen molar-refractivity contribution in [1.82, 2.24) is 14.5 Å². The Morgan fingerprint density at radius 1 is 1.29 bits per heavy atom. The van der Waals surface area contributed by atoms with E-state index in [0.29, 0.717) is 25.1 Å². The normalized spacial score (nSPS) is 19.4. The van der Waals surface area contributed by atoms with E-state index in [2.05, 4.69) is 4.98 Å². The summed E-state index contributed by atoms with van der Waals surface area (Å²) < 4.78 is 7.38. The van der Waals surface area contributed by atoms with Gasteiger partial charge in [0, 0.05) is 54.5 Å². The Balaban J connectivity index is 1.62. The quantitative estimate of drug-likeness (QED) is 0.757. The molecule has 0 unspecified atom stereocenters. The highest BCUT2D eigenvalue weighted by molar-refractivity contribution is 6.08. The number of carbonyl (C=O) groups excluding carboxylic acids is 1. The SMILES string of the molecule is COc1ccc2c(c1)c(C(=O)N1C[C@@H](Cc3ccccn3)[C@H](O)C1)c(C)n2C. The second-order valence-corrected chi connectivity index (χ2v) is 7.47. The highest BCUT2D eigenvalue weighted by Crippen LogP contribution is 2.31. The van der Waals surface area contributed by atoms with Gasteiger partial charge >= 0.3 is 0 Å². The molecule has 1 aliphatic rings. The molecule has 2 atom stereocenters. The summed E-state index contributed by atoms with van der Waals surface area (Å²) in [7, 11) is 3.58. The summed E-state index contributed by atoms with van der Waals surface area (Å²) in [5.41, 5.74) is 3.52. The van der Waals surface area contributed by atoms with Crippen LogP contribution >= 0.6 is 0 Å². The standard InChI is InChI=1S/C22H25N3O3/c1-14-21(18-11-17(28-3)7-8-19(18)24(14)2)22(27)25-12-15(20(26)13-25)10-16-6-4-5-9-23-16/h4-9,11,15,20,26H,10,12-13H2,1-3H3/t15-,20-/m1/s1. The van der Waals surface area contributed by atoms with Crippen LogP contribution in [0.2, 0.25) is 0 Å². The summed E-state index contributed by atoms with van der Waals surface area (Å²) >= 11 is 0. The van der Waals surface area contributed by atoms with E-state index >= 15 is 0 Å². The van der Waals surface area contributed by atoms with E-state index in [-0.39, 0.29) is 11.8 Å². The van der Waals surface area contributed by atoms with Crippen molar-refractivity contribution in [3.8, 4) is 5.75 Å². The Hall–Kier alpha value is -2.86. The molecule has 3 aromatic rings. The third-order valence-electron chi connectivity index (χ3n) is 5.80. The van der Waals surface area contributed by atoms with Crippen LogP contribution in [0.3, 0.4) is 0 Å². The molecule has 0 bridgehead atoms. The van der Waals surface area contributed by atoms with Crippen molar-refractivity contribution in [2.75, 3.05) is 20.2 Å². The number of fused-ring (bicyclic) bond motifs is 1. The maximum Gasteiger partial charge on any atom is 0.256 e. The highest BCUT2D eigenvalue weighted by atomic mass is 16.5. The van der Waals surface area contributed by atoms with Gasteiger partial charge in [0.05, 0.1) is 18.8 Å². The first-order valence-electron chi connectivity index (χ1n) is 9.50. The van der Waals surface area contributed by atoms with Crippen LogP contribution in [0.4, 0.5) is 0 Å². The lowest BCUT2D eigenvalue weighted by Crippen LogP contribution is -2.30. The molecule has 0 saturated carbocycles. The molecule has 1 amide bonds. The summed E-state index contributed by atoms with van der Waals surface area (Å²) in [6.45, 7) is 2.82. The Morgan fingerprint density at radius 2 is 2.11 bits per heavy atom. The molecular weight excluding hydrogens is 354 g/mol. The number of aryl methyl sites for hydroxylation is 1. The fourth-order valence-corrected chi connectivity index (χ4v) is 4.11. The topological polar surface area (TPSA) is 67.6 Å². The first-order valence-corrected chi connectivity index (χ1v) is 9.50. The Kier molecular flexibility index (Phi) is 4.81. The lowest BCUT2D eigenvalue weighted by molar-refractivity contribution is 0.0765. The van der Waals surface area contributed by atoms with Crippen LogP contribution in [-0.4, -0.2) is 51.8 Å². The predicted octanol–water partition coefficient (Wildman–Crippen LogP) is 2.57. The summed E-state index contributed by atoms with van der Waals surface area (Å²) in [6.07, 6.45) is 1.87. The molecule has 3 heterocycles. The summed E-state index contributed by atoms with van der Waals surface area (Å²) in [5, 5.41) is 11.4. The van der Waals surface area contributed by atoms with Gasteiger partial charge < -0.3 is 19.3 Å². The van der Waals surface area contributed by atoms with Crippen LogP contribution in [0.15, 0.2) is 42.6 Å². The third-order valence-corrected chi connectivity index (χ3v) is 5.80. The number of nitrogens with zero attached hydrogens (tertiary/aromatic N) is 3. The van der Waals surface area contributed by atoms with E-state index in [1.165, 1.54) is 0 Å². The van der Waals surface area contributed by atoms with Gasteiger partial charge in [-0.3, -0.25) is 9.78 Å². The maximum atomic E-state index is 13.4. The van der Waals surface area contributed by atoms with E-state index in [0.717, 1.165) is 28.0 Å². The molecule has 1 aromatic carbocycles. The number of hydrogen-bond donors (Lipinski definition) is 1. The lowest BCUT2D eigenvalue weighted by atomic mass is 10.00. The molecule has 146 valence electrons. The minimum Gasteiger partial charge on any atom is -0.497 e. The largest absolute Gasteiger partial charge is 0.497 e. The van der Waals surface area contributed by atoms with Crippen LogP contribution in [0.5, 0.6) is 5.75 Å². The van der Waals surface area contributed by atoms with E-state index in [1.54, 1.807) is 18.2 Å². The molecular formula is C22H25N3O3. The monoisotopic (exact) mass is 379 g/mol. The first kappa shape index (κ1) is 18.5. The van der Waals surface area contributed by atoms with E-state index in [9.17, 15) is 9.90 Å². The minimum atomic E-state index is -0.546. The van der Waals surface area contributed by atoms with Crippen LogP contribution < -0.4 is 4.74 Å². The zero-order valence-corrected chi connectivity index (χ0v) is 16.4. The van der Waals surface area contributed by atoms with Crippen molar-refractivity contribution in [2.45, 2.75) is 19.4 Å². The van der Waals surface area contributed by atoms with Gasteiger partial charge in [-0.2, -0.15) is 0 Å². The molecule has 1 fully saturated rings. The molecule has 1 N–H and O–H groups in total. The molecule has 0 aliphatic carbocycles. The van der Waals surface area contributed by atoms with Gasteiger partial charge in [-0.05, 0) is 43.7 Å². The average Bonchev–Trinajstić information content (AvgIpc) is 3.19. The maximum absolute atomic E-state index is 13.4. The number of β-amino-alcohol motifs (C(OH)–C–C–N with tert-alkyl or cyclic N) is 1. The van der Waals surface area contributed by atoms with Crippen LogP contribution in [0.1, 0.15) is 21.7 Å². The van der Waals surface area contributed by atoms with Crippen LogP contribution in [0, 0.1) is 12.8 Å². The molecule has 1 aliphatic heterocycles. The third kappa shape index (κ3) is 3.14. The zero-order chi connectivity index (χ0) is 19.8. The van der Waals surface area contributed by atoms with Crippen molar-refractivity contribution in [2.24, 2.45) is 13.0 Å². The van der Waals surface area contributed by atoms with Gasteiger partial charge in [-0.15, -0.1) is 0 Å². The number of hydrogen-bond acceptors (Lipinski definition) is 4. The van der Waals surface area contributed by atoms with Crippen molar-refractivity contribution in [3.63, 3.8) is 0 Å². The Bertz CT molecular complexity index is 1010. The van der Waals surface area contributed by atoms with E-state index in [4.69, 9.17) is 4.74 Å². The van der Waals surface area contributed by atoms with Gasteiger partial charge in [0.25, 0.3) is 5.91 Å². The number of likely N-dealkylation sites (tertiary alicyclic amines) is 1. The highest BCUT2D eigenvalue weighted by Gasteiger charge is 2.36. The summed E-state index contributed by atoms with van der Waals surface area (Å²) in [5.74, 6) is 0.671. The van der Waals surface area contributed by atoms with Gasteiger partial charge in [-0.25, -0.2) is 0 Å². The number of methoxy groups -OCH3 is 1. The zero-order valence-electron chi connectivity index (χ0n) is 16.4. The smallest absolute Gasteiger partial charge is 0.256 e. The van der Waals surface area contributed by atoms with E-state index < -0.39 is 6.10 Å². The van der Waals surface area contributed by atoms with Gasteiger partial charge in [0.2, 0.25) is 0 Å². The van der Waals surface area contributed by atoms with Gasteiger partial charge in [-0.1, -0.05) is 6.07 Å². The van der Waals surface area contributed by atoms with Crippen molar-refractivity contribution in [1.29, 1.82) is 0 Å². The number of amides is 1. The van der Waals surface area contributed by atoms with Crippen LogP contribution in [-0.2, 0) is 13.5 Å². The Labute approximate surface area is 164 Å². The molecule has 0 spiro atoms. The number of pyridine rings is 1. The Morgan fingerprint density at radius 3 is 2.82 bits per heavy atom. The number of rotatable bonds is 4. The van der Waals surface area contributed by atoms with Crippen LogP contribution in [0.25, 0.3) is 10.9 Å². The second-order valence-electron chi connectivity index (χ2n) is 7.47. The summed E-state index contributed by atoms with van der Waals surface area (Å²) in [4.78, 5) is 19.5. The number of aliphatic hydroxyl groups excluding tert-OH is 1. The summed E-state index contributed by atoms with van der Waals surface area (Å²) in [6, 6.07) is 11.6. The minimum absolute atomic E-state index is 0.0105. The first-order chi connectivity index (χ1) is 13.5. The molecule has 6 heteroatoms. The molecule has 6 nitrogen and oxygen atoms in total. The van der Waals surface area contributed by atoms with Crippen molar-refractivity contribution in [3.05, 3.63) is 59.5 Å². The molecule has 4 rings (SSSR count). The number of aliphatic hydroxyl groups is 1. The molecule has 1 saturated heterocycles. The number of benzene rings is 1. The lowest BCUT2D eigenvalue weighted by Gasteiger charge is -2.16. The average molecular weight is 379 g/mol.